The van der Waals surface area contributed by atoms with Crippen LogP contribution in [0.25, 0.3) is 0 Å². The van der Waals surface area contributed by atoms with Crippen LogP contribution in [0.2, 0.25) is 0 Å². The summed E-state index contributed by atoms with van der Waals surface area (Å²) in [6, 6.07) is 0.244. The van der Waals surface area contributed by atoms with Gasteiger partial charge < -0.3 is 4.74 Å². The zero-order valence-corrected chi connectivity index (χ0v) is 12.7. The Morgan fingerprint density at radius 2 is 2.05 bits per heavy atom. The van der Waals surface area contributed by atoms with E-state index < -0.39 is 0 Å². The number of allylic oxidation sites excluding steroid dienone is 1. The van der Waals surface area contributed by atoms with Crippen molar-refractivity contribution in [3.8, 4) is 0 Å². The predicted molar refractivity (Wildman–Crippen MR) is 79.6 cm³/mol. The van der Waals surface area contributed by atoms with Crippen molar-refractivity contribution in [1.82, 2.24) is 5.43 Å². The number of nitrogens with one attached hydrogen (secondary N) is 1. The molecule has 112 valence electrons. The number of hydrogen-bond donors (Lipinski definition) is 2. The van der Waals surface area contributed by atoms with Gasteiger partial charge in [0, 0.05) is 0 Å². The fourth-order valence-electron chi connectivity index (χ4n) is 6.47. The lowest BCUT2D eigenvalue weighted by atomic mass is 9.43. The topological polar surface area (TPSA) is 47.3 Å². The van der Waals surface area contributed by atoms with E-state index >= 15 is 0 Å². The van der Waals surface area contributed by atoms with Gasteiger partial charge in [0.2, 0.25) is 0 Å². The van der Waals surface area contributed by atoms with Crippen LogP contribution in [0.1, 0.15) is 58.3 Å². The molecule has 4 bridgehead atoms. The van der Waals surface area contributed by atoms with E-state index in [0.29, 0.717) is 10.8 Å². The third-order valence-corrected chi connectivity index (χ3v) is 6.43. The third-order valence-electron chi connectivity index (χ3n) is 6.43. The molecule has 5 aliphatic rings. The van der Waals surface area contributed by atoms with Crippen molar-refractivity contribution in [3.63, 3.8) is 0 Å². The van der Waals surface area contributed by atoms with Gasteiger partial charge in [0.05, 0.1) is 12.6 Å². The van der Waals surface area contributed by atoms with Crippen LogP contribution in [0.4, 0.5) is 0 Å². The molecule has 4 saturated carbocycles. The zero-order chi connectivity index (χ0) is 13.8. The van der Waals surface area contributed by atoms with Gasteiger partial charge in [-0.1, -0.05) is 6.92 Å². The molecule has 1 aliphatic heterocycles. The standard InChI is InChI=1S/C17H28N2O/c1-16-7-12-6-13(8-16)10-17(9-12,11-16)15(19-18)14-4-2-3-5-20-14/h4,12-13,15,19H,2-3,5-11,18H2,1H3. The highest BCUT2D eigenvalue weighted by atomic mass is 16.5. The van der Waals surface area contributed by atoms with E-state index in [9.17, 15) is 0 Å². The van der Waals surface area contributed by atoms with Gasteiger partial charge in [-0.3, -0.25) is 5.84 Å². The average molecular weight is 276 g/mol. The summed E-state index contributed by atoms with van der Waals surface area (Å²) in [6.07, 6.45) is 13.0. The SMILES string of the molecule is CC12CC3CC(C1)CC(C(NN)C1=CCCCO1)(C3)C2. The van der Waals surface area contributed by atoms with Crippen molar-refractivity contribution < 1.29 is 4.74 Å². The highest BCUT2D eigenvalue weighted by Crippen LogP contribution is 2.66. The number of hydrazine groups is 1. The minimum atomic E-state index is 0.244. The second kappa shape index (κ2) is 4.48. The molecule has 0 saturated heterocycles. The molecule has 3 unspecified atom stereocenters. The minimum absolute atomic E-state index is 0.244. The Kier molecular flexibility index (Phi) is 2.94. The largest absolute Gasteiger partial charge is 0.497 e. The van der Waals surface area contributed by atoms with E-state index in [2.05, 4.69) is 18.4 Å². The van der Waals surface area contributed by atoms with Gasteiger partial charge in [-0.2, -0.15) is 0 Å². The molecular formula is C17H28N2O. The maximum absolute atomic E-state index is 6.00. The molecule has 0 aromatic carbocycles. The van der Waals surface area contributed by atoms with Gasteiger partial charge in [0.25, 0.3) is 0 Å². The van der Waals surface area contributed by atoms with Crippen LogP contribution in [-0.4, -0.2) is 12.6 Å². The second-order valence-electron chi connectivity index (χ2n) is 8.33. The molecule has 0 amide bonds. The van der Waals surface area contributed by atoms with Gasteiger partial charge in [-0.25, -0.2) is 5.43 Å². The zero-order valence-electron chi connectivity index (χ0n) is 12.7. The Balaban J connectivity index is 1.67. The van der Waals surface area contributed by atoms with Gasteiger partial charge >= 0.3 is 0 Å². The smallest absolute Gasteiger partial charge is 0.111 e. The van der Waals surface area contributed by atoms with Crippen LogP contribution >= 0.6 is 0 Å². The molecule has 3 heteroatoms. The lowest BCUT2D eigenvalue weighted by Crippen LogP contribution is -2.60. The average Bonchev–Trinajstić information content (AvgIpc) is 2.37. The lowest BCUT2D eigenvalue weighted by Gasteiger charge is -2.63. The van der Waals surface area contributed by atoms with Crippen molar-refractivity contribution in [2.24, 2.45) is 28.5 Å². The van der Waals surface area contributed by atoms with E-state index in [0.717, 1.165) is 37.0 Å². The van der Waals surface area contributed by atoms with E-state index in [1.54, 1.807) is 0 Å². The molecule has 0 aromatic heterocycles. The lowest BCUT2D eigenvalue weighted by molar-refractivity contribution is -0.119. The van der Waals surface area contributed by atoms with Crippen LogP contribution in [0, 0.1) is 22.7 Å². The third kappa shape index (κ3) is 1.93. The van der Waals surface area contributed by atoms with Crippen LogP contribution in [0.15, 0.2) is 11.8 Å². The summed E-state index contributed by atoms with van der Waals surface area (Å²) in [5.74, 6) is 9.00. The molecular weight excluding hydrogens is 248 g/mol. The molecule has 4 fully saturated rings. The first kappa shape index (κ1) is 13.1. The summed E-state index contributed by atoms with van der Waals surface area (Å²) >= 11 is 0. The Labute approximate surface area is 122 Å². The monoisotopic (exact) mass is 276 g/mol. The highest BCUT2D eigenvalue weighted by molar-refractivity contribution is 5.18. The molecule has 1 heterocycles. The van der Waals surface area contributed by atoms with Crippen LogP contribution in [-0.2, 0) is 4.74 Å². The van der Waals surface area contributed by atoms with Crippen LogP contribution in [0.3, 0.4) is 0 Å². The quantitative estimate of drug-likeness (QED) is 0.615. The molecule has 0 aromatic rings. The Hall–Kier alpha value is -0.540. The van der Waals surface area contributed by atoms with Crippen LogP contribution < -0.4 is 11.3 Å². The first-order chi connectivity index (χ1) is 9.62. The van der Waals surface area contributed by atoms with Crippen LogP contribution in [0.5, 0.6) is 0 Å². The molecule has 0 spiro atoms. The molecule has 5 rings (SSSR count). The summed E-state index contributed by atoms with van der Waals surface area (Å²) in [6.45, 7) is 3.38. The van der Waals surface area contributed by atoms with Gasteiger partial charge in [-0.05, 0) is 80.1 Å². The summed E-state index contributed by atoms with van der Waals surface area (Å²) in [4.78, 5) is 0. The van der Waals surface area contributed by atoms with Crippen molar-refractivity contribution in [1.29, 1.82) is 0 Å². The first-order valence-electron chi connectivity index (χ1n) is 8.42. The van der Waals surface area contributed by atoms with Gasteiger partial charge in [0.1, 0.15) is 5.76 Å². The maximum Gasteiger partial charge on any atom is 0.111 e. The fraction of sp³-hybridized carbons (Fsp3) is 0.882. The molecule has 3 nitrogen and oxygen atoms in total. The minimum Gasteiger partial charge on any atom is -0.497 e. The number of rotatable bonds is 3. The van der Waals surface area contributed by atoms with Crippen molar-refractivity contribution in [3.05, 3.63) is 11.8 Å². The van der Waals surface area contributed by atoms with Gasteiger partial charge in [-0.15, -0.1) is 0 Å². The second-order valence-corrected chi connectivity index (χ2v) is 8.33. The molecule has 0 radical (unpaired) electrons. The number of nitrogens with two attached hydrogens (primary N) is 1. The Morgan fingerprint density at radius 1 is 1.30 bits per heavy atom. The number of hydrogen-bond acceptors (Lipinski definition) is 3. The number of ether oxygens (including phenoxy) is 1. The molecule has 3 N–H and O–H groups in total. The van der Waals surface area contributed by atoms with Crippen molar-refractivity contribution in [2.75, 3.05) is 6.61 Å². The summed E-state index contributed by atoms with van der Waals surface area (Å²) < 4.78 is 5.97. The van der Waals surface area contributed by atoms with Crippen molar-refractivity contribution in [2.45, 2.75) is 64.3 Å². The normalized spacial score (nSPS) is 47.8. The van der Waals surface area contributed by atoms with E-state index in [1.165, 1.54) is 38.5 Å². The Bertz CT molecular complexity index is 417. The summed E-state index contributed by atoms with van der Waals surface area (Å²) in [5, 5.41) is 0. The van der Waals surface area contributed by atoms with E-state index in [1.807, 2.05) is 0 Å². The summed E-state index contributed by atoms with van der Waals surface area (Å²) in [7, 11) is 0. The molecule has 4 aliphatic carbocycles. The molecule has 3 atom stereocenters. The maximum atomic E-state index is 6.00. The van der Waals surface area contributed by atoms with Gasteiger partial charge in [0.15, 0.2) is 0 Å². The highest BCUT2D eigenvalue weighted by Gasteiger charge is 2.59. The van der Waals surface area contributed by atoms with E-state index in [4.69, 9.17) is 10.6 Å². The predicted octanol–water partition coefficient (Wildman–Crippen LogP) is 3.12. The first-order valence-corrected chi connectivity index (χ1v) is 8.42. The molecule has 20 heavy (non-hydrogen) atoms. The van der Waals surface area contributed by atoms with Crippen molar-refractivity contribution >= 4 is 0 Å². The van der Waals surface area contributed by atoms with E-state index in [-0.39, 0.29) is 6.04 Å². The fourth-order valence-corrected chi connectivity index (χ4v) is 6.47. The Morgan fingerprint density at radius 3 is 2.60 bits per heavy atom. The summed E-state index contributed by atoms with van der Waals surface area (Å²) in [5.41, 5.74) is 4.07.